The van der Waals surface area contributed by atoms with Crippen molar-refractivity contribution in [2.24, 2.45) is 0 Å². The topological polar surface area (TPSA) is 47.6 Å². The van der Waals surface area contributed by atoms with Gasteiger partial charge in [-0.2, -0.15) is 13.2 Å². The van der Waals surface area contributed by atoms with Crippen molar-refractivity contribution in [1.29, 1.82) is 0 Å². The van der Waals surface area contributed by atoms with Gasteiger partial charge in [-0.25, -0.2) is 0 Å². The van der Waals surface area contributed by atoms with Gasteiger partial charge in [0, 0.05) is 11.6 Å². The highest BCUT2D eigenvalue weighted by Gasteiger charge is 2.31. The van der Waals surface area contributed by atoms with E-state index in [2.05, 4.69) is 5.32 Å². The third-order valence-corrected chi connectivity index (χ3v) is 4.10. The van der Waals surface area contributed by atoms with Gasteiger partial charge < -0.3 is 14.8 Å². The van der Waals surface area contributed by atoms with Crippen molar-refractivity contribution in [2.75, 3.05) is 12.4 Å². The van der Waals surface area contributed by atoms with Crippen LogP contribution in [0.4, 0.5) is 18.9 Å². The monoisotopic (exact) mass is 401 g/mol. The Bertz CT molecular complexity index is 1030. The van der Waals surface area contributed by atoms with E-state index in [1.54, 1.807) is 42.5 Å². The van der Waals surface area contributed by atoms with Crippen LogP contribution in [0, 0.1) is 6.92 Å². The summed E-state index contributed by atoms with van der Waals surface area (Å²) >= 11 is 0. The Morgan fingerprint density at radius 1 is 0.931 bits per heavy atom. The van der Waals surface area contributed by atoms with Gasteiger partial charge in [-0.15, -0.1) is 0 Å². The molecule has 3 rings (SSSR count). The van der Waals surface area contributed by atoms with Gasteiger partial charge in [0.1, 0.15) is 11.5 Å². The quantitative estimate of drug-likeness (QED) is 0.565. The molecule has 3 aromatic rings. The van der Waals surface area contributed by atoms with Gasteiger partial charge in [-0.05, 0) is 49.4 Å². The largest absolute Gasteiger partial charge is 0.497 e. The molecule has 7 heteroatoms. The Kier molecular flexibility index (Phi) is 5.77. The van der Waals surface area contributed by atoms with Gasteiger partial charge in [0.05, 0.1) is 18.4 Å². The lowest BCUT2D eigenvalue weighted by molar-refractivity contribution is -0.137. The molecule has 29 heavy (non-hydrogen) atoms. The van der Waals surface area contributed by atoms with Crippen LogP contribution in [0.15, 0.2) is 66.7 Å². The first-order valence-corrected chi connectivity index (χ1v) is 8.67. The van der Waals surface area contributed by atoms with Crippen molar-refractivity contribution < 1.29 is 27.4 Å². The number of halogens is 3. The first-order valence-electron chi connectivity index (χ1n) is 8.67. The summed E-state index contributed by atoms with van der Waals surface area (Å²) in [5, 5.41) is 2.52. The zero-order valence-corrected chi connectivity index (χ0v) is 15.7. The minimum Gasteiger partial charge on any atom is -0.497 e. The smallest absolute Gasteiger partial charge is 0.416 e. The summed E-state index contributed by atoms with van der Waals surface area (Å²) < 4.78 is 50.3. The lowest BCUT2D eigenvalue weighted by atomic mass is 10.1. The number of benzene rings is 3. The number of ether oxygens (including phenoxy) is 2. The standard InChI is InChI=1S/C22H18F3NO3/c1-14-5-3-6-15(11-14)21(27)26-19-12-16(22(23,24)25)9-10-20(19)29-18-8-4-7-17(13-18)28-2/h3-13H,1-2H3,(H,26,27). The van der Waals surface area contributed by atoms with E-state index in [9.17, 15) is 18.0 Å². The van der Waals surface area contributed by atoms with E-state index in [0.717, 1.165) is 17.7 Å². The maximum absolute atomic E-state index is 13.2. The summed E-state index contributed by atoms with van der Waals surface area (Å²) in [7, 11) is 1.49. The highest BCUT2D eigenvalue weighted by atomic mass is 19.4. The molecule has 0 saturated carbocycles. The highest BCUT2D eigenvalue weighted by Crippen LogP contribution is 2.37. The van der Waals surface area contributed by atoms with Gasteiger partial charge in [0.25, 0.3) is 5.91 Å². The van der Waals surface area contributed by atoms with Crippen molar-refractivity contribution in [3.05, 3.63) is 83.4 Å². The Hall–Kier alpha value is -3.48. The molecule has 0 bridgehead atoms. The van der Waals surface area contributed by atoms with Crippen LogP contribution in [-0.2, 0) is 6.18 Å². The average molecular weight is 401 g/mol. The number of hydrogen-bond acceptors (Lipinski definition) is 3. The molecule has 0 heterocycles. The summed E-state index contributed by atoms with van der Waals surface area (Å²) in [6.07, 6.45) is -4.56. The van der Waals surface area contributed by atoms with Crippen molar-refractivity contribution in [2.45, 2.75) is 13.1 Å². The molecule has 0 radical (unpaired) electrons. The summed E-state index contributed by atoms with van der Waals surface area (Å²) in [5.74, 6) is 0.422. The second-order valence-corrected chi connectivity index (χ2v) is 6.31. The van der Waals surface area contributed by atoms with E-state index >= 15 is 0 Å². The Morgan fingerprint density at radius 3 is 2.34 bits per heavy atom. The lowest BCUT2D eigenvalue weighted by Gasteiger charge is -2.16. The molecule has 0 unspecified atom stereocenters. The van der Waals surface area contributed by atoms with E-state index in [-0.39, 0.29) is 11.4 Å². The number of aryl methyl sites for hydroxylation is 1. The Balaban J connectivity index is 1.96. The van der Waals surface area contributed by atoms with Crippen molar-refractivity contribution in [1.82, 2.24) is 0 Å². The maximum atomic E-state index is 13.2. The molecule has 0 aliphatic carbocycles. The number of carbonyl (C=O) groups excluding carboxylic acids is 1. The van der Waals surface area contributed by atoms with Gasteiger partial charge in [-0.1, -0.05) is 23.8 Å². The van der Waals surface area contributed by atoms with E-state index in [0.29, 0.717) is 17.1 Å². The van der Waals surface area contributed by atoms with Crippen LogP contribution in [-0.4, -0.2) is 13.0 Å². The van der Waals surface area contributed by atoms with Crippen LogP contribution >= 0.6 is 0 Å². The predicted octanol–water partition coefficient (Wildman–Crippen LogP) is 6.07. The summed E-state index contributed by atoms with van der Waals surface area (Å²) in [4.78, 5) is 12.6. The van der Waals surface area contributed by atoms with Crippen molar-refractivity contribution >= 4 is 11.6 Å². The van der Waals surface area contributed by atoms with Crippen LogP contribution in [0.2, 0.25) is 0 Å². The fourth-order valence-electron chi connectivity index (χ4n) is 2.67. The zero-order chi connectivity index (χ0) is 21.0. The molecular formula is C22H18F3NO3. The number of carbonyl (C=O) groups is 1. The van der Waals surface area contributed by atoms with Gasteiger partial charge in [0.15, 0.2) is 5.75 Å². The normalized spacial score (nSPS) is 11.1. The van der Waals surface area contributed by atoms with E-state index < -0.39 is 17.6 Å². The van der Waals surface area contributed by atoms with Crippen LogP contribution in [0.3, 0.4) is 0 Å². The molecule has 0 spiro atoms. The lowest BCUT2D eigenvalue weighted by Crippen LogP contribution is -2.14. The Morgan fingerprint density at radius 2 is 1.66 bits per heavy atom. The summed E-state index contributed by atoms with van der Waals surface area (Å²) in [6, 6.07) is 16.3. The average Bonchev–Trinajstić information content (AvgIpc) is 2.68. The molecule has 0 aliphatic rings. The van der Waals surface area contributed by atoms with Gasteiger partial charge in [0.2, 0.25) is 0 Å². The molecule has 0 atom stereocenters. The first kappa shape index (κ1) is 20.3. The Labute approximate surface area is 165 Å². The van der Waals surface area contributed by atoms with Crippen molar-refractivity contribution in [3.8, 4) is 17.2 Å². The van der Waals surface area contributed by atoms with Crippen LogP contribution in [0.5, 0.6) is 17.2 Å². The van der Waals surface area contributed by atoms with E-state index in [1.165, 1.54) is 13.2 Å². The zero-order valence-electron chi connectivity index (χ0n) is 15.7. The van der Waals surface area contributed by atoms with Crippen LogP contribution in [0.25, 0.3) is 0 Å². The molecule has 3 aromatic carbocycles. The summed E-state index contributed by atoms with van der Waals surface area (Å²) in [5.41, 5.74) is 0.202. The number of alkyl halides is 3. The second kappa shape index (κ2) is 8.26. The molecule has 1 N–H and O–H groups in total. The SMILES string of the molecule is COc1cccc(Oc2ccc(C(F)(F)F)cc2NC(=O)c2cccc(C)c2)c1. The highest BCUT2D eigenvalue weighted by molar-refractivity contribution is 6.05. The van der Waals surface area contributed by atoms with Crippen LogP contribution < -0.4 is 14.8 Å². The minimum atomic E-state index is -4.56. The fourth-order valence-corrected chi connectivity index (χ4v) is 2.67. The molecule has 0 saturated heterocycles. The third kappa shape index (κ3) is 5.07. The molecule has 0 aliphatic heterocycles. The minimum absolute atomic E-state index is 0.0762. The molecule has 150 valence electrons. The number of hydrogen-bond donors (Lipinski definition) is 1. The third-order valence-electron chi connectivity index (χ3n) is 4.10. The van der Waals surface area contributed by atoms with Crippen molar-refractivity contribution in [3.63, 3.8) is 0 Å². The van der Waals surface area contributed by atoms with Gasteiger partial charge in [-0.3, -0.25) is 4.79 Å². The van der Waals surface area contributed by atoms with E-state index in [4.69, 9.17) is 9.47 Å². The molecule has 4 nitrogen and oxygen atoms in total. The number of methoxy groups -OCH3 is 1. The number of anilines is 1. The molecule has 0 aromatic heterocycles. The van der Waals surface area contributed by atoms with Crippen LogP contribution in [0.1, 0.15) is 21.5 Å². The number of nitrogens with one attached hydrogen (secondary N) is 1. The van der Waals surface area contributed by atoms with Gasteiger partial charge >= 0.3 is 6.18 Å². The fraction of sp³-hybridized carbons (Fsp3) is 0.136. The molecule has 1 amide bonds. The first-order chi connectivity index (χ1) is 13.8. The van der Waals surface area contributed by atoms with E-state index in [1.807, 2.05) is 13.0 Å². The number of rotatable bonds is 5. The molecule has 0 fully saturated rings. The summed E-state index contributed by atoms with van der Waals surface area (Å²) in [6.45, 7) is 1.82. The second-order valence-electron chi connectivity index (χ2n) is 6.31. The predicted molar refractivity (Wildman–Crippen MR) is 104 cm³/mol. The number of amides is 1. The maximum Gasteiger partial charge on any atom is 0.416 e. The molecular weight excluding hydrogens is 383 g/mol.